The molecule has 0 saturated heterocycles. The number of hydrogen-bond acceptors (Lipinski definition) is 3. The molecular formula is C15H15N3. The van der Waals surface area contributed by atoms with E-state index in [0.717, 1.165) is 17.5 Å². The molecule has 2 aromatic heterocycles. The molecule has 3 heteroatoms. The van der Waals surface area contributed by atoms with Crippen molar-refractivity contribution in [2.45, 2.75) is 26.2 Å². The number of aromatic nitrogens is 2. The maximum atomic E-state index is 8.72. The summed E-state index contributed by atoms with van der Waals surface area (Å²) >= 11 is 0. The van der Waals surface area contributed by atoms with Crippen LogP contribution in [0.2, 0.25) is 0 Å². The second kappa shape index (κ2) is 5.42. The Kier molecular flexibility index (Phi) is 3.69. The first-order valence-electron chi connectivity index (χ1n) is 6.06. The fourth-order valence-corrected chi connectivity index (χ4v) is 1.75. The monoisotopic (exact) mass is 237 g/mol. The average Bonchev–Trinajstić information content (AvgIpc) is 2.46. The van der Waals surface area contributed by atoms with Crippen LogP contribution < -0.4 is 0 Å². The largest absolute Gasteiger partial charge is 0.264 e. The first kappa shape index (κ1) is 12.3. The standard InChI is InChI=1S/C15H15N3/c1-3-11(2)13-6-14(9-17-8-13)12-4-5-15(7-16)18-10-12/h4-6,8-11H,3H2,1-2H3. The van der Waals surface area contributed by atoms with Gasteiger partial charge < -0.3 is 0 Å². The van der Waals surface area contributed by atoms with Gasteiger partial charge in [0.1, 0.15) is 11.8 Å². The molecule has 1 unspecified atom stereocenters. The van der Waals surface area contributed by atoms with Crippen LogP contribution in [0.25, 0.3) is 11.1 Å². The van der Waals surface area contributed by atoms with Crippen LogP contribution in [0.1, 0.15) is 37.4 Å². The van der Waals surface area contributed by atoms with Crippen molar-refractivity contribution in [2.75, 3.05) is 0 Å². The van der Waals surface area contributed by atoms with Crippen LogP contribution in [0.15, 0.2) is 36.8 Å². The van der Waals surface area contributed by atoms with Gasteiger partial charge in [0.2, 0.25) is 0 Å². The van der Waals surface area contributed by atoms with E-state index < -0.39 is 0 Å². The van der Waals surface area contributed by atoms with Crippen molar-refractivity contribution in [3.63, 3.8) is 0 Å². The zero-order valence-corrected chi connectivity index (χ0v) is 10.6. The Balaban J connectivity index is 2.35. The van der Waals surface area contributed by atoms with E-state index in [0.29, 0.717) is 11.6 Å². The lowest BCUT2D eigenvalue weighted by molar-refractivity contribution is 0.730. The molecule has 3 nitrogen and oxygen atoms in total. The minimum Gasteiger partial charge on any atom is -0.264 e. The molecule has 0 N–H and O–H groups in total. The van der Waals surface area contributed by atoms with Crippen LogP contribution in [-0.2, 0) is 0 Å². The van der Waals surface area contributed by atoms with Crippen LogP contribution >= 0.6 is 0 Å². The molecule has 90 valence electrons. The molecule has 2 rings (SSSR count). The number of rotatable bonds is 3. The number of pyridine rings is 2. The molecular weight excluding hydrogens is 222 g/mol. The number of hydrogen-bond donors (Lipinski definition) is 0. The van der Waals surface area contributed by atoms with Gasteiger partial charge in [0.25, 0.3) is 0 Å². The van der Waals surface area contributed by atoms with Crippen LogP contribution in [0, 0.1) is 11.3 Å². The number of nitrogens with zero attached hydrogens (tertiary/aromatic N) is 3. The maximum absolute atomic E-state index is 8.72. The molecule has 0 aromatic carbocycles. The van der Waals surface area contributed by atoms with Gasteiger partial charge in [-0.15, -0.1) is 0 Å². The third-order valence-electron chi connectivity index (χ3n) is 3.15. The van der Waals surface area contributed by atoms with E-state index in [9.17, 15) is 0 Å². The van der Waals surface area contributed by atoms with E-state index in [2.05, 4.69) is 29.9 Å². The molecule has 0 bridgehead atoms. The van der Waals surface area contributed by atoms with E-state index in [1.807, 2.05) is 24.5 Å². The molecule has 0 radical (unpaired) electrons. The van der Waals surface area contributed by atoms with Crippen molar-refractivity contribution in [1.29, 1.82) is 5.26 Å². The molecule has 0 saturated carbocycles. The van der Waals surface area contributed by atoms with Gasteiger partial charge in [-0.3, -0.25) is 4.98 Å². The van der Waals surface area contributed by atoms with Crippen LogP contribution in [-0.4, -0.2) is 9.97 Å². The predicted octanol–water partition coefficient (Wildman–Crippen LogP) is 3.53. The van der Waals surface area contributed by atoms with Gasteiger partial charge >= 0.3 is 0 Å². The SMILES string of the molecule is CCC(C)c1cncc(-c2ccc(C#N)nc2)c1. The summed E-state index contributed by atoms with van der Waals surface area (Å²) in [5.74, 6) is 0.504. The highest BCUT2D eigenvalue weighted by atomic mass is 14.7. The topological polar surface area (TPSA) is 49.6 Å². The molecule has 0 aliphatic heterocycles. The fourth-order valence-electron chi connectivity index (χ4n) is 1.75. The lowest BCUT2D eigenvalue weighted by Gasteiger charge is -2.10. The highest BCUT2D eigenvalue weighted by molar-refractivity contribution is 5.62. The minimum absolute atomic E-state index is 0.435. The van der Waals surface area contributed by atoms with E-state index in [1.165, 1.54) is 5.56 Å². The van der Waals surface area contributed by atoms with Gasteiger partial charge in [0, 0.05) is 29.7 Å². The zero-order valence-electron chi connectivity index (χ0n) is 10.6. The van der Waals surface area contributed by atoms with E-state index in [1.54, 1.807) is 12.3 Å². The molecule has 0 amide bonds. The summed E-state index contributed by atoms with van der Waals surface area (Å²) in [5, 5.41) is 8.72. The van der Waals surface area contributed by atoms with Gasteiger partial charge in [-0.2, -0.15) is 5.26 Å². The Bertz CT molecular complexity index is 567. The Morgan fingerprint density at radius 1 is 1.22 bits per heavy atom. The van der Waals surface area contributed by atoms with Crippen LogP contribution in [0.5, 0.6) is 0 Å². The second-order valence-corrected chi connectivity index (χ2v) is 4.36. The molecule has 1 atom stereocenters. The lowest BCUT2D eigenvalue weighted by atomic mass is 9.98. The Morgan fingerprint density at radius 3 is 2.67 bits per heavy atom. The first-order valence-corrected chi connectivity index (χ1v) is 6.06. The fraction of sp³-hybridized carbons (Fsp3) is 0.267. The van der Waals surface area contributed by atoms with Crippen LogP contribution in [0.4, 0.5) is 0 Å². The lowest BCUT2D eigenvalue weighted by Crippen LogP contribution is -1.93. The first-order chi connectivity index (χ1) is 8.74. The summed E-state index contributed by atoms with van der Waals surface area (Å²) in [7, 11) is 0. The summed E-state index contributed by atoms with van der Waals surface area (Å²) in [6, 6.07) is 7.79. The summed E-state index contributed by atoms with van der Waals surface area (Å²) in [6.07, 6.45) is 6.55. The van der Waals surface area contributed by atoms with E-state index in [4.69, 9.17) is 5.26 Å². The van der Waals surface area contributed by atoms with Crippen molar-refractivity contribution in [2.24, 2.45) is 0 Å². The van der Waals surface area contributed by atoms with Gasteiger partial charge in [0.05, 0.1) is 0 Å². The van der Waals surface area contributed by atoms with Crippen molar-refractivity contribution in [3.05, 3.63) is 48.0 Å². The van der Waals surface area contributed by atoms with Gasteiger partial charge in [0.15, 0.2) is 0 Å². The van der Waals surface area contributed by atoms with E-state index in [-0.39, 0.29) is 0 Å². The molecule has 0 aliphatic carbocycles. The van der Waals surface area contributed by atoms with Crippen LogP contribution in [0.3, 0.4) is 0 Å². The summed E-state index contributed by atoms with van der Waals surface area (Å²) in [4.78, 5) is 8.36. The quantitative estimate of drug-likeness (QED) is 0.820. The van der Waals surface area contributed by atoms with Gasteiger partial charge in [-0.25, -0.2) is 4.98 Å². The highest BCUT2D eigenvalue weighted by Crippen LogP contribution is 2.24. The Labute approximate surface area is 107 Å². The molecule has 0 aliphatic rings. The molecule has 0 spiro atoms. The average molecular weight is 237 g/mol. The summed E-state index contributed by atoms with van der Waals surface area (Å²) < 4.78 is 0. The molecule has 0 fully saturated rings. The van der Waals surface area contributed by atoms with Crippen molar-refractivity contribution < 1.29 is 0 Å². The minimum atomic E-state index is 0.435. The van der Waals surface area contributed by atoms with Gasteiger partial charge in [-0.05, 0) is 36.1 Å². The maximum Gasteiger partial charge on any atom is 0.140 e. The summed E-state index contributed by atoms with van der Waals surface area (Å²) in [6.45, 7) is 4.36. The Hall–Kier alpha value is -2.21. The van der Waals surface area contributed by atoms with Crippen molar-refractivity contribution >= 4 is 0 Å². The zero-order chi connectivity index (χ0) is 13.0. The van der Waals surface area contributed by atoms with E-state index >= 15 is 0 Å². The summed E-state index contributed by atoms with van der Waals surface area (Å²) in [5.41, 5.74) is 3.71. The second-order valence-electron chi connectivity index (χ2n) is 4.36. The molecule has 2 heterocycles. The van der Waals surface area contributed by atoms with Gasteiger partial charge in [-0.1, -0.05) is 13.8 Å². The molecule has 18 heavy (non-hydrogen) atoms. The highest BCUT2D eigenvalue weighted by Gasteiger charge is 2.06. The third kappa shape index (κ3) is 2.54. The smallest absolute Gasteiger partial charge is 0.140 e. The Morgan fingerprint density at radius 2 is 2.06 bits per heavy atom. The predicted molar refractivity (Wildman–Crippen MR) is 70.9 cm³/mol. The van der Waals surface area contributed by atoms with Crippen molar-refractivity contribution in [3.8, 4) is 17.2 Å². The van der Waals surface area contributed by atoms with Crippen molar-refractivity contribution in [1.82, 2.24) is 9.97 Å². The molecule has 2 aromatic rings. The normalized spacial score (nSPS) is 11.8. The number of nitriles is 1. The third-order valence-corrected chi connectivity index (χ3v) is 3.15.